The van der Waals surface area contributed by atoms with Crippen molar-refractivity contribution in [2.45, 2.75) is 45.8 Å². The minimum atomic E-state index is -0.630. The highest BCUT2D eigenvalue weighted by molar-refractivity contribution is 5.83. The first-order valence-corrected chi connectivity index (χ1v) is 9.96. The van der Waals surface area contributed by atoms with Gasteiger partial charge in [0, 0.05) is 20.0 Å². The number of rotatable bonds is 10. The first-order valence-electron chi connectivity index (χ1n) is 9.96. The van der Waals surface area contributed by atoms with Crippen LogP contribution in [0.4, 0.5) is 0 Å². The maximum atomic E-state index is 13.1. The van der Waals surface area contributed by atoms with Crippen molar-refractivity contribution in [2.24, 2.45) is 0 Å². The van der Waals surface area contributed by atoms with Gasteiger partial charge in [-0.15, -0.1) is 0 Å². The van der Waals surface area contributed by atoms with Crippen LogP contribution in [0.3, 0.4) is 0 Å². The first-order chi connectivity index (χ1) is 13.9. The summed E-state index contributed by atoms with van der Waals surface area (Å²) in [6.45, 7) is 7.60. The van der Waals surface area contributed by atoms with Crippen molar-refractivity contribution in [1.29, 1.82) is 0 Å². The Morgan fingerprint density at radius 2 is 1.67 bits per heavy atom. The van der Waals surface area contributed by atoms with E-state index in [1.54, 1.807) is 40.0 Å². The highest BCUT2D eigenvalue weighted by Crippen LogP contribution is 2.21. The molecule has 0 aliphatic heterocycles. The summed E-state index contributed by atoms with van der Waals surface area (Å²) in [4.78, 5) is 40.5. The fraction of sp³-hybridized carbons (Fsp3) is 0.591. The van der Waals surface area contributed by atoms with E-state index < -0.39 is 17.6 Å². The van der Waals surface area contributed by atoms with Crippen LogP contribution < -0.4 is 10.1 Å². The number of nitrogens with zero attached hydrogens (tertiary/aromatic N) is 2. The van der Waals surface area contributed by atoms with E-state index >= 15 is 0 Å². The monoisotopic (exact) mass is 421 g/mol. The molecule has 2 amide bonds. The van der Waals surface area contributed by atoms with Crippen LogP contribution in [0, 0.1) is 0 Å². The average molecular weight is 422 g/mol. The van der Waals surface area contributed by atoms with E-state index in [1.807, 2.05) is 31.1 Å². The van der Waals surface area contributed by atoms with Crippen molar-refractivity contribution in [3.8, 4) is 5.75 Å². The second-order valence-corrected chi connectivity index (χ2v) is 8.44. The van der Waals surface area contributed by atoms with Gasteiger partial charge in [0.1, 0.15) is 17.9 Å². The van der Waals surface area contributed by atoms with Gasteiger partial charge in [-0.3, -0.25) is 14.4 Å². The molecular weight excluding hydrogens is 386 g/mol. The number of carbonyl (C=O) groups excluding carboxylic acids is 3. The second-order valence-electron chi connectivity index (χ2n) is 8.44. The Bertz CT molecular complexity index is 710. The summed E-state index contributed by atoms with van der Waals surface area (Å²) in [5, 5.41) is 2.82. The molecule has 0 bridgehead atoms. The molecule has 0 aromatic heterocycles. The quantitative estimate of drug-likeness (QED) is 0.582. The van der Waals surface area contributed by atoms with Gasteiger partial charge in [0.25, 0.3) is 0 Å². The standard InChI is InChI=1S/C22H35N3O5/c1-16(26)23-19(17-8-10-18(29-7)11-9-17)14-20(27)25(13-12-24(5)6)15-21(28)30-22(2,3)4/h8-11,19H,12-15H2,1-7H3,(H,23,26). The number of methoxy groups -OCH3 is 1. The third-order valence-corrected chi connectivity index (χ3v) is 4.18. The summed E-state index contributed by atoms with van der Waals surface area (Å²) in [6, 6.07) is 6.66. The van der Waals surface area contributed by atoms with Crippen LogP contribution in [-0.4, -0.2) is 74.0 Å². The van der Waals surface area contributed by atoms with Gasteiger partial charge in [0.15, 0.2) is 0 Å². The van der Waals surface area contributed by atoms with Crippen LogP contribution in [0.25, 0.3) is 0 Å². The number of nitrogens with one attached hydrogen (secondary N) is 1. The van der Waals surface area contributed by atoms with E-state index in [4.69, 9.17) is 9.47 Å². The summed E-state index contributed by atoms with van der Waals surface area (Å²) in [5.74, 6) is -0.257. The van der Waals surface area contributed by atoms with Gasteiger partial charge in [-0.1, -0.05) is 12.1 Å². The topological polar surface area (TPSA) is 88.2 Å². The van der Waals surface area contributed by atoms with Gasteiger partial charge in [0.2, 0.25) is 11.8 Å². The highest BCUT2D eigenvalue weighted by atomic mass is 16.6. The molecule has 1 atom stereocenters. The Hall–Kier alpha value is -2.61. The summed E-state index contributed by atoms with van der Waals surface area (Å²) in [5.41, 5.74) is 0.152. The van der Waals surface area contributed by atoms with Gasteiger partial charge in [-0.2, -0.15) is 0 Å². The molecule has 1 rings (SSSR count). The van der Waals surface area contributed by atoms with Crippen LogP contribution >= 0.6 is 0 Å². The van der Waals surface area contributed by atoms with Crippen LogP contribution in [0.2, 0.25) is 0 Å². The molecule has 0 spiro atoms. The molecule has 0 aliphatic rings. The number of hydrogen-bond acceptors (Lipinski definition) is 6. The minimum Gasteiger partial charge on any atom is -0.497 e. The molecule has 0 radical (unpaired) electrons. The third-order valence-electron chi connectivity index (χ3n) is 4.18. The minimum absolute atomic E-state index is 0.0299. The molecule has 0 saturated heterocycles. The number of esters is 1. The molecule has 8 nitrogen and oxygen atoms in total. The maximum Gasteiger partial charge on any atom is 0.326 e. The molecule has 1 N–H and O–H groups in total. The Labute approximate surface area is 179 Å². The SMILES string of the molecule is COc1ccc(C(CC(=O)N(CCN(C)C)CC(=O)OC(C)(C)C)NC(C)=O)cc1. The average Bonchev–Trinajstić information content (AvgIpc) is 2.62. The Morgan fingerprint density at radius 1 is 1.07 bits per heavy atom. The van der Waals surface area contributed by atoms with Gasteiger partial charge >= 0.3 is 5.97 Å². The van der Waals surface area contributed by atoms with Crippen LogP contribution in [0.15, 0.2) is 24.3 Å². The summed E-state index contributed by atoms with van der Waals surface area (Å²) in [7, 11) is 5.37. The van der Waals surface area contributed by atoms with E-state index in [-0.39, 0.29) is 24.8 Å². The Kier molecular flexibility index (Phi) is 9.78. The van der Waals surface area contributed by atoms with E-state index in [2.05, 4.69) is 5.32 Å². The van der Waals surface area contributed by atoms with Gasteiger partial charge in [0.05, 0.1) is 19.6 Å². The van der Waals surface area contributed by atoms with Crippen LogP contribution in [0.1, 0.15) is 45.7 Å². The van der Waals surface area contributed by atoms with Crippen molar-refractivity contribution in [1.82, 2.24) is 15.1 Å². The third kappa shape index (κ3) is 9.73. The van der Waals surface area contributed by atoms with Crippen molar-refractivity contribution in [3.05, 3.63) is 29.8 Å². The molecule has 1 aromatic carbocycles. The lowest BCUT2D eigenvalue weighted by atomic mass is 10.0. The normalized spacial score (nSPS) is 12.3. The zero-order chi connectivity index (χ0) is 22.9. The Balaban J connectivity index is 2.98. The number of ether oxygens (including phenoxy) is 2. The number of amides is 2. The second kappa shape index (κ2) is 11.5. The molecule has 30 heavy (non-hydrogen) atoms. The molecular formula is C22H35N3O5. The predicted molar refractivity (Wildman–Crippen MR) is 115 cm³/mol. The van der Waals surface area contributed by atoms with Gasteiger partial charge in [-0.05, 0) is 52.6 Å². The van der Waals surface area contributed by atoms with Crippen LogP contribution in [-0.2, 0) is 19.1 Å². The molecule has 0 heterocycles. The Morgan fingerprint density at radius 3 is 2.13 bits per heavy atom. The van der Waals surface area contributed by atoms with Crippen molar-refractivity contribution < 1.29 is 23.9 Å². The zero-order valence-corrected chi connectivity index (χ0v) is 19.2. The summed E-state index contributed by atoms with van der Waals surface area (Å²) < 4.78 is 10.5. The van der Waals surface area contributed by atoms with Crippen LogP contribution in [0.5, 0.6) is 5.75 Å². The van der Waals surface area contributed by atoms with E-state index in [1.165, 1.54) is 11.8 Å². The zero-order valence-electron chi connectivity index (χ0n) is 19.2. The smallest absolute Gasteiger partial charge is 0.326 e. The predicted octanol–water partition coefficient (Wildman–Crippen LogP) is 1.99. The first kappa shape index (κ1) is 25.4. The lowest BCUT2D eigenvalue weighted by Gasteiger charge is -2.28. The molecule has 0 saturated carbocycles. The van der Waals surface area contributed by atoms with Gasteiger partial charge in [-0.25, -0.2) is 0 Å². The summed E-state index contributed by atoms with van der Waals surface area (Å²) >= 11 is 0. The van der Waals surface area contributed by atoms with Crippen molar-refractivity contribution in [2.75, 3.05) is 40.8 Å². The van der Waals surface area contributed by atoms with Gasteiger partial charge < -0.3 is 24.6 Å². The molecule has 168 valence electrons. The summed E-state index contributed by atoms with van der Waals surface area (Å²) in [6.07, 6.45) is 0.0299. The van der Waals surface area contributed by atoms with E-state index in [9.17, 15) is 14.4 Å². The largest absolute Gasteiger partial charge is 0.497 e. The lowest BCUT2D eigenvalue weighted by Crippen LogP contribution is -2.43. The van der Waals surface area contributed by atoms with Crippen molar-refractivity contribution in [3.63, 3.8) is 0 Å². The number of benzene rings is 1. The lowest BCUT2D eigenvalue weighted by molar-refractivity contribution is -0.159. The fourth-order valence-electron chi connectivity index (χ4n) is 2.78. The van der Waals surface area contributed by atoms with E-state index in [0.717, 1.165) is 5.56 Å². The van der Waals surface area contributed by atoms with Crippen molar-refractivity contribution >= 4 is 17.8 Å². The molecule has 0 aliphatic carbocycles. The highest BCUT2D eigenvalue weighted by Gasteiger charge is 2.25. The number of hydrogen-bond donors (Lipinski definition) is 1. The molecule has 1 aromatic rings. The van der Waals surface area contributed by atoms with E-state index in [0.29, 0.717) is 18.8 Å². The molecule has 8 heteroatoms. The number of carbonyl (C=O) groups is 3. The maximum absolute atomic E-state index is 13.1. The fourth-order valence-corrected chi connectivity index (χ4v) is 2.78. The molecule has 0 fully saturated rings. The number of likely N-dealkylation sites (N-methyl/N-ethyl adjacent to an activating group) is 1. The molecule has 1 unspecified atom stereocenters.